The summed E-state index contributed by atoms with van der Waals surface area (Å²) in [6.45, 7) is 0.530. The summed E-state index contributed by atoms with van der Waals surface area (Å²) < 4.78 is 28.8. The Morgan fingerprint density at radius 1 is 0.795 bits per heavy atom. The monoisotopic (exact) mass is 522 g/mol. The zero-order chi connectivity index (χ0) is 26.7. The van der Waals surface area contributed by atoms with Crippen LogP contribution >= 0.6 is 0 Å². The fourth-order valence-electron chi connectivity index (χ4n) is 5.41. The predicted molar refractivity (Wildman–Crippen MR) is 145 cm³/mol. The van der Waals surface area contributed by atoms with Gasteiger partial charge in [0.15, 0.2) is 46.5 Å². The van der Waals surface area contributed by atoms with Crippen molar-refractivity contribution >= 4 is 44.3 Å². The fraction of sp³-hybridized carbons (Fsp3) is 0.161. The van der Waals surface area contributed by atoms with E-state index in [1.807, 2.05) is 54.2 Å². The molecule has 1 aromatic heterocycles. The third kappa shape index (κ3) is 3.75. The number of phenols is 1. The standard InChI is InChI=1S/C20H15NO4.C11H8O3/c1-21-9-15-12(5-6-16(23-2)20(15)22)13-4-3-11-7-17-18(25-10-24-17)8-14(11)19(13)21;12-9-2-1-7-4-10-11(14-6-13-10)5-8(7)3-9/h3-9H,10H2,1-2H3;1-2,4-5H,3,6H2/p+1. The van der Waals surface area contributed by atoms with Gasteiger partial charge in [0.2, 0.25) is 19.1 Å². The number of hydrogen-bond donors (Lipinski definition) is 1. The van der Waals surface area contributed by atoms with Gasteiger partial charge < -0.3 is 28.8 Å². The number of methoxy groups -OCH3 is 1. The van der Waals surface area contributed by atoms with Crippen LogP contribution in [-0.2, 0) is 18.3 Å². The zero-order valence-corrected chi connectivity index (χ0v) is 21.3. The molecule has 1 N–H and O–H groups in total. The molecule has 5 aromatic rings. The van der Waals surface area contributed by atoms with Crippen molar-refractivity contribution in [2.45, 2.75) is 6.42 Å². The van der Waals surface area contributed by atoms with Gasteiger partial charge in [0.1, 0.15) is 7.05 Å². The van der Waals surface area contributed by atoms with Gasteiger partial charge in [-0.25, -0.2) is 0 Å². The maximum Gasteiger partial charge on any atom is 0.231 e. The maximum absolute atomic E-state index is 11.2. The van der Waals surface area contributed by atoms with Crippen molar-refractivity contribution in [1.29, 1.82) is 0 Å². The number of allylic oxidation sites excluding steroid dienone is 1. The number of hydrogen-bond acceptors (Lipinski definition) is 7. The highest BCUT2D eigenvalue weighted by Gasteiger charge is 2.22. The quantitative estimate of drug-likeness (QED) is 0.246. The van der Waals surface area contributed by atoms with Crippen molar-refractivity contribution in [2.75, 3.05) is 20.7 Å². The van der Waals surface area contributed by atoms with E-state index in [4.69, 9.17) is 23.7 Å². The number of aromatic hydroxyl groups is 1. The number of phenolic OH excluding ortho intramolecular Hbond substituents is 1. The molecule has 8 nitrogen and oxygen atoms in total. The number of aryl methyl sites for hydroxylation is 1. The Labute approximate surface area is 223 Å². The number of benzene rings is 4. The van der Waals surface area contributed by atoms with E-state index >= 15 is 0 Å². The summed E-state index contributed by atoms with van der Waals surface area (Å²) in [6.07, 6.45) is 5.82. The maximum atomic E-state index is 11.2. The van der Waals surface area contributed by atoms with Crippen LogP contribution in [0, 0.1) is 0 Å². The lowest BCUT2D eigenvalue weighted by molar-refractivity contribution is -0.642. The molecule has 0 saturated carbocycles. The van der Waals surface area contributed by atoms with Gasteiger partial charge in [0, 0.05) is 11.8 Å². The second-order valence-electron chi connectivity index (χ2n) is 9.59. The number of rotatable bonds is 1. The van der Waals surface area contributed by atoms with Crippen molar-refractivity contribution in [3.8, 4) is 34.5 Å². The highest BCUT2D eigenvalue weighted by atomic mass is 16.7. The van der Waals surface area contributed by atoms with Crippen LogP contribution in [0.1, 0.15) is 11.1 Å². The number of aromatic nitrogens is 1. The molecule has 194 valence electrons. The molecule has 39 heavy (non-hydrogen) atoms. The van der Waals surface area contributed by atoms with E-state index in [1.165, 1.54) is 0 Å². The Morgan fingerprint density at radius 2 is 1.49 bits per heavy atom. The molecule has 0 amide bonds. The number of carbonyl (C=O) groups excluding carboxylic acids is 1. The summed E-state index contributed by atoms with van der Waals surface area (Å²) in [4.78, 5) is 11.2. The third-order valence-corrected chi connectivity index (χ3v) is 7.30. The highest BCUT2D eigenvalue weighted by molar-refractivity contribution is 6.15. The molecule has 2 aliphatic heterocycles. The molecule has 8 rings (SSSR count). The summed E-state index contributed by atoms with van der Waals surface area (Å²) in [5.41, 5.74) is 3.14. The molecule has 3 heterocycles. The molecule has 0 fully saturated rings. The van der Waals surface area contributed by atoms with Crippen molar-refractivity contribution in [3.63, 3.8) is 0 Å². The van der Waals surface area contributed by atoms with Crippen LogP contribution in [-0.4, -0.2) is 31.6 Å². The predicted octanol–water partition coefficient (Wildman–Crippen LogP) is 4.97. The summed E-state index contributed by atoms with van der Waals surface area (Å²) >= 11 is 0. The van der Waals surface area contributed by atoms with Gasteiger partial charge in [-0.15, -0.1) is 0 Å². The van der Waals surface area contributed by atoms with E-state index in [9.17, 15) is 9.90 Å². The summed E-state index contributed by atoms with van der Waals surface area (Å²) in [5.74, 6) is 3.81. The first kappa shape index (κ1) is 23.2. The van der Waals surface area contributed by atoms with Gasteiger partial charge in [-0.2, -0.15) is 4.57 Å². The van der Waals surface area contributed by atoms with E-state index < -0.39 is 0 Å². The van der Waals surface area contributed by atoms with E-state index in [2.05, 4.69) is 12.1 Å². The Kier molecular flexibility index (Phi) is 5.23. The average molecular weight is 523 g/mol. The largest absolute Gasteiger partial charge is 0.504 e. The van der Waals surface area contributed by atoms with Crippen molar-refractivity contribution in [3.05, 3.63) is 71.9 Å². The molecule has 1 aliphatic carbocycles. The van der Waals surface area contributed by atoms with Gasteiger partial charge in [-0.3, -0.25) is 4.79 Å². The number of carbonyl (C=O) groups is 1. The fourth-order valence-corrected chi connectivity index (χ4v) is 5.41. The first-order valence-corrected chi connectivity index (χ1v) is 12.5. The molecule has 0 spiro atoms. The van der Waals surface area contributed by atoms with Gasteiger partial charge in [0.05, 0.1) is 23.3 Å². The Morgan fingerprint density at radius 3 is 2.26 bits per heavy atom. The Hall–Kier alpha value is -4.98. The first-order valence-electron chi connectivity index (χ1n) is 12.5. The normalized spacial score (nSPS) is 14.5. The molecule has 8 heteroatoms. The molecule has 0 atom stereocenters. The molecule has 0 saturated heterocycles. The van der Waals surface area contributed by atoms with Crippen LogP contribution in [0.3, 0.4) is 0 Å². The Bertz CT molecular complexity index is 1880. The lowest BCUT2D eigenvalue weighted by Gasteiger charge is -2.10. The van der Waals surface area contributed by atoms with E-state index in [0.29, 0.717) is 12.2 Å². The number of ketones is 1. The van der Waals surface area contributed by atoms with Crippen molar-refractivity contribution in [2.24, 2.45) is 7.05 Å². The molecule has 0 radical (unpaired) electrons. The van der Waals surface area contributed by atoms with Gasteiger partial charge in [-0.1, -0.05) is 12.1 Å². The van der Waals surface area contributed by atoms with Crippen LogP contribution in [0.25, 0.3) is 38.5 Å². The van der Waals surface area contributed by atoms with Crippen LogP contribution in [0.2, 0.25) is 0 Å². The zero-order valence-electron chi connectivity index (χ0n) is 21.3. The van der Waals surface area contributed by atoms with Crippen LogP contribution in [0.5, 0.6) is 34.5 Å². The van der Waals surface area contributed by atoms with Crippen LogP contribution in [0.4, 0.5) is 0 Å². The lowest BCUT2D eigenvalue weighted by atomic mass is 9.96. The van der Waals surface area contributed by atoms with Crippen molar-refractivity contribution in [1.82, 2.24) is 0 Å². The first-order chi connectivity index (χ1) is 19.0. The second-order valence-corrected chi connectivity index (χ2v) is 9.59. The van der Waals surface area contributed by atoms with Gasteiger partial charge >= 0.3 is 0 Å². The number of ether oxygens (including phenoxy) is 5. The van der Waals surface area contributed by atoms with Crippen LogP contribution in [0.15, 0.2) is 60.8 Å². The summed E-state index contributed by atoms with van der Waals surface area (Å²) in [7, 11) is 3.53. The molecule has 3 aliphatic rings. The number of nitrogens with zero attached hydrogens (tertiary/aromatic N) is 1. The second kappa shape index (κ2) is 8.80. The van der Waals surface area contributed by atoms with Crippen LogP contribution < -0.4 is 28.3 Å². The molecular formula is C31H24NO7+. The summed E-state index contributed by atoms with van der Waals surface area (Å²) in [5, 5.41) is 15.5. The lowest BCUT2D eigenvalue weighted by Crippen LogP contribution is -2.28. The molecule has 4 aromatic carbocycles. The average Bonchev–Trinajstić information content (AvgIpc) is 3.60. The molecule has 0 unspecified atom stereocenters. The van der Waals surface area contributed by atoms with E-state index in [-0.39, 0.29) is 25.1 Å². The minimum atomic E-state index is 0.136. The van der Waals surface area contributed by atoms with Gasteiger partial charge in [-0.05, 0) is 65.1 Å². The third-order valence-electron chi connectivity index (χ3n) is 7.30. The van der Waals surface area contributed by atoms with Gasteiger partial charge in [0.25, 0.3) is 0 Å². The molecular weight excluding hydrogens is 498 g/mol. The molecule has 0 bridgehead atoms. The van der Waals surface area contributed by atoms with Crippen molar-refractivity contribution < 1.29 is 38.2 Å². The highest BCUT2D eigenvalue weighted by Crippen LogP contribution is 2.41. The van der Waals surface area contributed by atoms with E-state index in [0.717, 1.165) is 66.6 Å². The smallest absolute Gasteiger partial charge is 0.231 e. The Balaban J connectivity index is 0.000000153. The van der Waals surface area contributed by atoms with E-state index in [1.54, 1.807) is 19.3 Å². The number of pyridine rings is 1. The minimum Gasteiger partial charge on any atom is -0.504 e. The topological polar surface area (TPSA) is 87.3 Å². The minimum absolute atomic E-state index is 0.136. The number of fused-ring (bicyclic) bond motifs is 8. The summed E-state index contributed by atoms with van der Waals surface area (Å²) in [6, 6.07) is 15.8. The SMILES string of the molecule is COc1ccc2c(c[n+](C)c3c4cc5c(cc4ccc23)OCO5)c1O.O=C1C=Cc2cc3c(cc2C1)OCO3.